The highest BCUT2D eigenvalue weighted by Gasteiger charge is 2.14. The molecule has 6 heteroatoms. The Morgan fingerprint density at radius 1 is 1.19 bits per heavy atom. The molecule has 0 atom stereocenters. The number of nitrogens with zero attached hydrogens (tertiary/aromatic N) is 3. The third-order valence-corrected chi connectivity index (χ3v) is 4.64. The fourth-order valence-corrected chi connectivity index (χ4v) is 3.17. The first kappa shape index (κ1) is 17.0. The molecule has 0 bridgehead atoms. The van der Waals surface area contributed by atoms with Gasteiger partial charge in [-0.3, -0.25) is 4.79 Å². The van der Waals surface area contributed by atoms with E-state index in [1.807, 2.05) is 74.0 Å². The minimum absolute atomic E-state index is 0.104. The molecule has 0 fully saturated rings. The highest BCUT2D eigenvalue weighted by molar-refractivity contribution is 5.93. The van der Waals surface area contributed by atoms with Crippen LogP contribution in [-0.2, 0) is 11.2 Å². The van der Waals surface area contributed by atoms with Gasteiger partial charge in [-0.15, -0.1) is 0 Å². The van der Waals surface area contributed by atoms with Gasteiger partial charge in [-0.05, 0) is 44.5 Å². The highest BCUT2D eigenvalue weighted by Crippen LogP contribution is 2.24. The molecule has 6 nitrogen and oxygen atoms in total. The van der Waals surface area contributed by atoms with Gasteiger partial charge in [0, 0.05) is 29.2 Å². The highest BCUT2D eigenvalue weighted by atomic mass is 16.5. The minimum Gasteiger partial charge on any atom is -0.361 e. The molecule has 0 aliphatic heterocycles. The number of imidazole rings is 1. The van der Waals surface area contributed by atoms with Crippen LogP contribution < -0.4 is 5.32 Å². The van der Waals surface area contributed by atoms with E-state index in [2.05, 4.69) is 10.5 Å². The number of aromatic nitrogens is 3. The van der Waals surface area contributed by atoms with Gasteiger partial charge >= 0.3 is 0 Å². The van der Waals surface area contributed by atoms with Crippen LogP contribution in [0.5, 0.6) is 0 Å². The summed E-state index contributed by atoms with van der Waals surface area (Å²) in [5.74, 6) is 0.573. The summed E-state index contributed by atoms with van der Waals surface area (Å²) in [7, 11) is 0. The van der Waals surface area contributed by atoms with E-state index in [0.29, 0.717) is 5.76 Å². The molecule has 136 valence electrons. The molecule has 27 heavy (non-hydrogen) atoms. The smallest absolute Gasteiger partial charge is 0.228 e. The molecular formula is C21H20N4O2. The second kappa shape index (κ2) is 6.72. The second-order valence-electron chi connectivity index (χ2n) is 6.66. The van der Waals surface area contributed by atoms with Gasteiger partial charge in [0.2, 0.25) is 5.91 Å². The van der Waals surface area contributed by atoms with Crippen molar-refractivity contribution >= 4 is 17.2 Å². The number of aryl methyl sites for hydroxylation is 3. The molecule has 3 aromatic heterocycles. The second-order valence-corrected chi connectivity index (χ2v) is 6.66. The van der Waals surface area contributed by atoms with Crippen molar-refractivity contribution in [3.63, 3.8) is 0 Å². The molecule has 1 amide bonds. The van der Waals surface area contributed by atoms with Gasteiger partial charge in [0.1, 0.15) is 11.4 Å². The van der Waals surface area contributed by atoms with Crippen LogP contribution >= 0.6 is 0 Å². The third kappa shape index (κ3) is 3.33. The van der Waals surface area contributed by atoms with Gasteiger partial charge in [0.25, 0.3) is 0 Å². The van der Waals surface area contributed by atoms with Crippen LogP contribution in [0.3, 0.4) is 0 Å². The molecule has 1 aromatic carbocycles. The van der Waals surface area contributed by atoms with E-state index in [4.69, 9.17) is 9.51 Å². The molecule has 4 rings (SSSR count). The lowest BCUT2D eigenvalue weighted by Gasteiger charge is -2.06. The monoisotopic (exact) mass is 360 g/mol. The summed E-state index contributed by atoms with van der Waals surface area (Å²) in [6, 6.07) is 11.7. The minimum atomic E-state index is -0.104. The molecule has 0 aliphatic rings. The van der Waals surface area contributed by atoms with Crippen molar-refractivity contribution < 1.29 is 9.32 Å². The first-order valence-electron chi connectivity index (χ1n) is 8.77. The standard InChI is InChI=1S/C21H20N4O2/c1-13-6-5-9-25-12-19(23-21(13)25)16-7-4-8-17(10-16)22-20(26)11-18-14(2)24-27-15(18)3/h4-10,12H,11H2,1-3H3,(H,22,26). The van der Waals surface area contributed by atoms with Crippen molar-refractivity contribution in [1.29, 1.82) is 0 Å². The van der Waals surface area contributed by atoms with Crippen LogP contribution in [0.2, 0.25) is 0 Å². The molecule has 0 unspecified atom stereocenters. The number of amides is 1. The summed E-state index contributed by atoms with van der Waals surface area (Å²) in [5.41, 5.74) is 6.18. The van der Waals surface area contributed by atoms with Crippen LogP contribution in [0.1, 0.15) is 22.6 Å². The van der Waals surface area contributed by atoms with Crippen LogP contribution in [0.4, 0.5) is 5.69 Å². The van der Waals surface area contributed by atoms with Gasteiger partial charge in [-0.2, -0.15) is 0 Å². The molecule has 0 aliphatic carbocycles. The van der Waals surface area contributed by atoms with Gasteiger partial charge in [0.15, 0.2) is 0 Å². The van der Waals surface area contributed by atoms with Gasteiger partial charge in [0.05, 0.1) is 17.8 Å². The lowest BCUT2D eigenvalue weighted by Crippen LogP contribution is -2.15. The summed E-state index contributed by atoms with van der Waals surface area (Å²) in [6.45, 7) is 5.69. The van der Waals surface area contributed by atoms with Crippen LogP contribution in [0.25, 0.3) is 16.9 Å². The van der Waals surface area contributed by atoms with Crippen molar-refractivity contribution in [3.05, 3.63) is 71.4 Å². The summed E-state index contributed by atoms with van der Waals surface area (Å²) in [4.78, 5) is 17.1. The first-order chi connectivity index (χ1) is 13.0. The van der Waals surface area contributed by atoms with Crippen molar-refractivity contribution in [2.45, 2.75) is 27.2 Å². The van der Waals surface area contributed by atoms with Crippen LogP contribution in [0, 0.1) is 20.8 Å². The number of carbonyl (C=O) groups excluding carboxylic acids is 1. The maximum absolute atomic E-state index is 12.4. The Morgan fingerprint density at radius 3 is 2.78 bits per heavy atom. The van der Waals surface area contributed by atoms with E-state index in [-0.39, 0.29) is 12.3 Å². The van der Waals surface area contributed by atoms with Crippen LogP contribution in [0.15, 0.2) is 53.3 Å². The maximum Gasteiger partial charge on any atom is 0.228 e. The summed E-state index contributed by atoms with van der Waals surface area (Å²) in [5, 5.41) is 6.84. The first-order valence-corrected chi connectivity index (χ1v) is 8.77. The van der Waals surface area contributed by atoms with Crippen molar-refractivity contribution in [2.24, 2.45) is 0 Å². The fourth-order valence-electron chi connectivity index (χ4n) is 3.17. The van der Waals surface area contributed by atoms with E-state index in [1.54, 1.807) is 0 Å². The average molecular weight is 360 g/mol. The molecule has 1 N–H and O–H groups in total. The summed E-state index contributed by atoms with van der Waals surface area (Å²) in [6.07, 6.45) is 4.21. The average Bonchev–Trinajstić information content (AvgIpc) is 3.22. The van der Waals surface area contributed by atoms with Crippen molar-refractivity contribution in [2.75, 3.05) is 5.32 Å². The van der Waals surface area contributed by atoms with Gasteiger partial charge < -0.3 is 14.2 Å². The Bertz CT molecular complexity index is 1120. The number of anilines is 1. The molecule has 0 saturated carbocycles. The number of fused-ring (bicyclic) bond motifs is 1. The molecule has 0 saturated heterocycles. The fraction of sp³-hybridized carbons (Fsp3) is 0.190. The molecule has 4 aromatic rings. The number of rotatable bonds is 4. The predicted molar refractivity (Wildman–Crippen MR) is 104 cm³/mol. The number of pyridine rings is 1. The van der Waals surface area contributed by atoms with E-state index in [0.717, 1.165) is 39.4 Å². The normalized spacial score (nSPS) is 11.1. The third-order valence-electron chi connectivity index (χ3n) is 4.64. The van der Waals surface area contributed by atoms with Crippen LogP contribution in [-0.4, -0.2) is 20.4 Å². The number of carbonyl (C=O) groups is 1. The van der Waals surface area contributed by atoms with Gasteiger partial charge in [-0.25, -0.2) is 4.98 Å². The predicted octanol–water partition coefficient (Wildman–Crippen LogP) is 4.10. The Labute approximate surface area is 156 Å². The van der Waals surface area contributed by atoms with E-state index >= 15 is 0 Å². The SMILES string of the molecule is Cc1noc(C)c1CC(=O)Nc1cccc(-c2cn3cccc(C)c3n2)c1. The topological polar surface area (TPSA) is 72.4 Å². The number of hydrogen-bond acceptors (Lipinski definition) is 4. The van der Waals surface area contributed by atoms with E-state index in [1.165, 1.54) is 0 Å². The molecule has 0 spiro atoms. The Hall–Kier alpha value is -3.41. The largest absolute Gasteiger partial charge is 0.361 e. The summed E-state index contributed by atoms with van der Waals surface area (Å²) < 4.78 is 7.13. The number of hydrogen-bond donors (Lipinski definition) is 1. The number of benzene rings is 1. The lowest BCUT2D eigenvalue weighted by atomic mass is 10.1. The Morgan fingerprint density at radius 2 is 2.04 bits per heavy atom. The quantitative estimate of drug-likeness (QED) is 0.595. The molecule has 0 radical (unpaired) electrons. The van der Waals surface area contributed by atoms with Crippen molar-refractivity contribution in [1.82, 2.24) is 14.5 Å². The van der Waals surface area contributed by atoms with Crippen molar-refractivity contribution in [3.8, 4) is 11.3 Å². The zero-order valence-electron chi connectivity index (χ0n) is 15.5. The molecule has 3 heterocycles. The van der Waals surface area contributed by atoms with E-state index < -0.39 is 0 Å². The number of nitrogens with one attached hydrogen (secondary N) is 1. The maximum atomic E-state index is 12.4. The zero-order chi connectivity index (χ0) is 19.0. The van der Waals surface area contributed by atoms with Gasteiger partial charge in [-0.1, -0.05) is 23.4 Å². The van der Waals surface area contributed by atoms with E-state index in [9.17, 15) is 4.79 Å². The summed E-state index contributed by atoms with van der Waals surface area (Å²) >= 11 is 0. The Balaban J connectivity index is 1.57. The zero-order valence-corrected chi connectivity index (χ0v) is 15.5. The molecular weight excluding hydrogens is 340 g/mol. The Kier molecular flexibility index (Phi) is 4.24. The lowest BCUT2D eigenvalue weighted by molar-refractivity contribution is -0.115.